The highest BCUT2D eigenvalue weighted by molar-refractivity contribution is 6.11. The number of furan rings is 1. The molecule has 4 heterocycles. The fourth-order valence-corrected chi connectivity index (χ4v) is 6.95. The molecule has 0 atom stereocenters. The third kappa shape index (κ3) is 4.65. The van der Waals surface area contributed by atoms with Gasteiger partial charge < -0.3 is 8.98 Å². The number of fused-ring (bicyclic) bond motifs is 6. The van der Waals surface area contributed by atoms with Gasteiger partial charge in [-0.1, -0.05) is 109 Å². The summed E-state index contributed by atoms with van der Waals surface area (Å²) in [6.07, 6.45) is 3.72. The van der Waals surface area contributed by atoms with E-state index in [0.717, 1.165) is 66.5 Å². The third-order valence-electron chi connectivity index (χ3n) is 9.32. The van der Waals surface area contributed by atoms with Gasteiger partial charge in [-0.3, -0.25) is 4.98 Å². The Kier molecular flexibility index (Phi) is 6.39. The lowest BCUT2D eigenvalue weighted by Gasteiger charge is -2.11. The highest BCUT2D eigenvalue weighted by Gasteiger charge is 2.17. The van der Waals surface area contributed by atoms with Gasteiger partial charge in [0.2, 0.25) is 0 Å². The minimum absolute atomic E-state index is 0.567. The Bertz CT molecular complexity index is 2820. The van der Waals surface area contributed by atoms with Crippen molar-refractivity contribution in [3.05, 3.63) is 164 Å². The molecule has 6 nitrogen and oxygen atoms in total. The highest BCUT2D eigenvalue weighted by atomic mass is 16.3. The molecule has 50 heavy (non-hydrogen) atoms. The number of nitrogens with zero attached hydrogens (tertiary/aromatic N) is 5. The average molecular weight is 642 g/mol. The van der Waals surface area contributed by atoms with Gasteiger partial charge in [-0.25, -0.2) is 15.0 Å². The van der Waals surface area contributed by atoms with Crippen LogP contribution in [-0.2, 0) is 0 Å². The first-order valence-electron chi connectivity index (χ1n) is 16.5. The fraction of sp³-hybridized carbons (Fsp3) is 0. The Labute approximate surface area is 287 Å². The molecule has 0 saturated heterocycles. The van der Waals surface area contributed by atoms with Crippen molar-refractivity contribution in [2.45, 2.75) is 0 Å². The van der Waals surface area contributed by atoms with Crippen LogP contribution in [0.1, 0.15) is 0 Å². The minimum Gasteiger partial charge on any atom is -0.456 e. The molecular weight excluding hydrogens is 615 g/mol. The predicted octanol–water partition coefficient (Wildman–Crippen LogP) is 10.9. The minimum atomic E-state index is 0.567. The average Bonchev–Trinajstić information content (AvgIpc) is 3.73. The number of hydrogen-bond acceptors (Lipinski definition) is 5. The molecule has 0 radical (unpaired) electrons. The Balaban J connectivity index is 1.12. The fourth-order valence-electron chi connectivity index (χ4n) is 6.95. The molecule has 0 aliphatic carbocycles. The standard InChI is InChI=1S/C44H27N5O/c1-3-11-28(12-4-1)42-46-43(29-13-5-2-6-14-29)48-44(47-42)32-23-33(27-45-26-32)49-38-17-9-7-15-34(38)36-24-30(19-21-39(36)49)31-20-22-41-37(25-31)35-16-8-10-18-40(35)50-41/h1-27H. The Hall–Kier alpha value is -6.92. The van der Waals surface area contributed by atoms with Gasteiger partial charge in [-0.2, -0.15) is 0 Å². The first-order valence-corrected chi connectivity index (χ1v) is 16.5. The third-order valence-corrected chi connectivity index (χ3v) is 9.32. The van der Waals surface area contributed by atoms with E-state index in [9.17, 15) is 0 Å². The van der Waals surface area contributed by atoms with Gasteiger partial charge >= 0.3 is 0 Å². The summed E-state index contributed by atoms with van der Waals surface area (Å²) in [6.45, 7) is 0. The first kappa shape index (κ1) is 28.1. The summed E-state index contributed by atoms with van der Waals surface area (Å²) in [7, 11) is 0. The monoisotopic (exact) mass is 641 g/mol. The summed E-state index contributed by atoms with van der Waals surface area (Å²) in [5, 5.41) is 4.58. The molecule has 10 rings (SSSR count). The number of pyridine rings is 1. The van der Waals surface area contributed by atoms with Gasteiger partial charge in [-0.05, 0) is 53.6 Å². The van der Waals surface area contributed by atoms with Gasteiger partial charge in [0.15, 0.2) is 17.5 Å². The zero-order chi connectivity index (χ0) is 33.0. The summed E-state index contributed by atoms with van der Waals surface area (Å²) in [6, 6.07) is 52.0. The van der Waals surface area contributed by atoms with Gasteiger partial charge in [0.25, 0.3) is 0 Å². The van der Waals surface area contributed by atoms with E-state index in [1.807, 2.05) is 85.2 Å². The quantitative estimate of drug-likeness (QED) is 0.187. The summed E-state index contributed by atoms with van der Waals surface area (Å²) < 4.78 is 8.37. The molecule has 0 unspecified atom stereocenters. The van der Waals surface area contributed by atoms with Crippen LogP contribution in [0.3, 0.4) is 0 Å². The Morgan fingerprint density at radius 1 is 0.380 bits per heavy atom. The molecule has 234 valence electrons. The second kappa shape index (κ2) is 11.4. The molecule has 0 amide bonds. The second-order valence-corrected chi connectivity index (χ2v) is 12.4. The molecule has 6 aromatic carbocycles. The van der Waals surface area contributed by atoms with Crippen molar-refractivity contribution >= 4 is 43.7 Å². The van der Waals surface area contributed by atoms with Crippen molar-refractivity contribution in [3.63, 3.8) is 0 Å². The molecule has 0 fully saturated rings. The van der Waals surface area contributed by atoms with Crippen LogP contribution < -0.4 is 0 Å². The van der Waals surface area contributed by atoms with Gasteiger partial charge in [0.05, 0.1) is 22.9 Å². The molecule has 10 aromatic rings. The van der Waals surface area contributed by atoms with E-state index >= 15 is 0 Å². The van der Waals surface area contributed by atoms with Crippen molar-refractivity contribution in [1.29, 1.82) is 0 Å². The van der Waals surface area contributed by atoms with Crippen LogP contribution in [0.15, 0.2) is 168 Å². The topological polar surface area (TPSA) is 69.6 Å². The lowest BCUT2D eigenvalue weighted by Crippen LogP contribution is -2.01. The zero-order valence-electron chi connectivity index (χ0n) is 26.7. The van der Waals surface area contributed by atoms with Crippen LogP contribution in [-0.4, -0.2) is 24.5 Å². The summed E-state index contributed by atoms with van der Waals surface area (Å²) >= 11 is 0. The van der Waals surface area contributed by atoms with Crippen molar-refractivity contribution in [2.24, 2.45) is 0 Å². The van der Waals surface area contributed by atoms with Crippen molar-refractivity contribution in [1.82, 2.24) is 24.5 Å². The number of rotatable bonds is 5. The van der Waals surface area contributed by atoms with Crippen molar-refractivity contribution < 1.29 is 4.42 Å². The lowest BCUT2D eigenvalue weighted by atomic mass is 10.0. The molecule has 0 aliphatic rings. The van der Waals surface area contributed by atoms with E-state index in [0.29, 0.717) is 17.5 Å². The molecule has 0 bridgehead atoms. The largest absolute Gasteiger partial charge is 0.456 e. The molecule has 0 aliphatic heterocycles. The highest BCUT2D eigenvalue weighted by Crippen LogP contribution is 2.37. The summed E-state index contributed by atoms with van der Waals surface area (Å²) in [5.41, 5.74) is 9.86. The van der Waals surface area contributed by atoms with Crippen molar-refractivity contribution in [3.8, 4) is 51.0 Å². The maximum absolute atomic E-state index is 6.10. The van der Waals surface area contributed by atoms with Gasteiger partial charge in [-0.15, -0.1) is 0 Å². The van der Waals surface area contributed by atoms with E-state index in [1.54, 1.807) is 0 Å². The molecule has 0 saturated carbocycles. The number of hydrogen-bond donors (Lipinski definition) is 0. The normalized spacial score (nSPS) is 11.6. The Morgan fingerprint density at radius 3 is 1.68 bits per heavy atom. The van der Waals surface area contributed by atoms with E-state index in [1.165, 1.54) is 10.8 Å². The zero-order valence-corrected chi connectivity index (χ0v) is 26.7. The molecule has 6 heteroatoms. The summed E-state index contributed by atoms with van der Waals surface area (Å²) in [5.74, 6) is 1.80. The van der Waals surface area contributed by atoms with Gasteiger partial charge in [0, 0.05) is 44.4 Å². The predicted molar refractivity (Wildman–Crippen MR) is 201 cm³/mol. The van der Waals surface area contributed by atoms with Crippen LogP contribution in [0.5, 0.6) is 0 Å². The van der Waals surface area contributed by atoms with E-state index in [2.05, 4.69) is 83.4 Å². The van der Waals surface area contributed by atoms with Crippen LogP contribution >= 0.6 is 0 Å². The Morgan fingerprint density at radius 2 is 0.940 bits per heavy atom. The molecular formula is C44H27N5O. The SMILES string of the molecule is c1ccc(-c2nc(-c3ccccc3)nc(-c3cncc(-n4c5ccccc5c5cc(-c6ccc7oc8ccccc8c7c6)ccc54)c3)n2)cc1. The lowest BCUT2D eigenvalue weighted by molar-refractivity contribution is 0.669. The molecule has 0 N–H and O–H groups in total. The van der Waals surface area contributed by atoms with E-state index < -0.39 is 0 Å². The van der Waals surface area contributed by atoms with E-state index in [-0.39, 0.29) is 0 Å². The maximum atomic E-state index is 6.10. The van der Waals surface area contributed by atoms with Crippen LogP contribution in [0.4, 0.5) is 0 Å². The van der Waals surface area contributed by atoms with Crippen LogP contribution in [0.25, 0.3) is 94.7 Å². The summed E-state index contributed by atoms with van der Waals surface area (Å²) in [4.78, 5) is 19.5. The molecule has 4 aromatic heterocycles. The van der Waals surface area contributed by atoms with Crippen molar-refractivity contribution in [2.75, 3.05) is 0 Å². The van der Waals surface area contributed by atoms with Crippen LogP contribution in [0.2, 0.25) is 0 Å². The maximum Gasteiger partial charge on any atom is 0.165 e. The van der Waals surface area contributed by atoms with Crippen LogP contribution in [0, 0.1) is 0 Å². The second-order valence-electron chi connectivity index (χ2n) is 12.4. The van der Waals surface area contributed by atoms with E-state index in [4.69, 9.17) is 24.4 Å². The number of para-hydroxylation sites is 2. The number of aromatic nitrogens is 5. The van der Waals surface area contributed by atoms with Gasteiger partial charge in [0.1, 0.15) is 11.2 Å². The first-order chi connectivity index (χ1) is 24.8. The molecule has 0 spiro atoms. The number of benzene rings is 6. The smallest absolute Gasteiger partial charge is 0.165 e.